The molecule has 5 heteroatoms. The van der Waals surface area contributed by atoms with Crippen LogP contribution in [0.3, 0.4) is 0 Å². The third kappa shape index (κ3) is 5.06. The number of hydrogen-bond donors (Lipinski definition) is 2. The van der Waals surface area contributed by atoms with Gasteiger partial charge in [-0.1, -0.05) is 17.7 Å². The van der Waals surface area contributed by atoms with Crippen molar-refractivity contribution >= 4 is 29.2 Å². The minimum atomic E-state index is 0.442. The molecule has 0 fully saturated rings. The maximum absolute atomic E-state index is 5.41. The molecule has 4 nitrogen and oxygen atoms in total. The minimum absolute atomic E-state index is 0.442. The predicted molar refractivity (Wildman–Crippen MR) is 105 cm³/mol. The number of benzene rings is 2. The summed E-state index contributed by atoms with van der Waals surface area (Å²) in [7, 11) is 0. The Balaban J connectivity index is 1.93. The number of nitrogens with zero attached hydrogens (tertiary/aromatic N) is 1. The Labute approximate surface area is 148 Å². The van der Waals surface area contributed by atoms with Crippen LogP contribution in [-0.4, -0.2) is 17.9 Å². The van der Waals surface area contributed by atoms with Crippen LogP contribution in [0.1, 0.15) is 29.2 Å². The Morgan fingerprint density at radius 2 is 1.75 bits per heavy atom. The summed E-state index contributed by atoms with van der Waals surface area (Å²) in [6.45, 7) is 8.87. The highest BCUT2D eigenvalue weighted by Crippen LogP contribution is 2.16. The van der Waals surface area contributed by atoms with Crippen LogP contribution in [0.4, 0.5) is 5.69 Å². The van der Waals surface area contributed by atoms with Crippen LogP contribution in [0.15, 0.2) is 41.5 Å². The van der Waals surface area contributed by atoms with Crippen molar-refractivity contribution in [3.63, 3.8) is 0 Å². The molecule has 0 saturated carbocycles. The van der Waals surface area contributed by atoms with Crippen LogP contribution >= 0.6 is 12.2 Å². The Kier molecular flexibility index (Phi) is 6.32. The summed E-state index contributed by atoms with van der Waals surface area (Å²) in [5.74, 6) is 0.838. The van der Waals surface area contributed by atoms with E-state index in [1.54, 1.807) is 6.21 Å². The standard InChI is InChI=1S/C19H23N3OS/c1-5-23-17-8-6-16(7-9-17)21-19(24)22-20-12-18-14(3)10-13(2)11-15(18)4/h6-12H,5H2,1-4H3,(H2,21,22,24)/b20-12+. The quantitative estimate of drug-likeness (QED) is 0.483. The second-order valence-electron chi connectivity index (χ2n) is 5.59. The summed E-state index contributed by atoms with van der Waals surface area (Å²) in [5.41, 5.74) is 8.49. The fourth-order valence-corrected chi connectivity index (χ4v) is 2.68. The van der Waals surface area contributed by atoms with Gasteiger partial charge in [-0.15, -0.1) is 0 Å². The molecule has 0 radical (unpaired) electrons. The topological polar surface area (TPSA) is 45.6 Å². The third-order valence-electron chi connectivity index (χ3n) is 3.52. The maximum Gasteiger partial charge on any atom is 0.191 e. The second-order valence-corrected chi connectivity index (χ2v) is 6.00. The van der Waals surface area contributed by atoms with Crippen molar-refractivity contribution in [2.24, 2.45) is 5.10 Å². The molecular weight excluding hydrogens is 318 g/mol. The second kappa shape index (κ2) is 8.45. The Morgan fingerprint density at radius 1 is 1.12 bits per heavy atom. The third-order valence-corrected chi connectivity index (χ3v) is 3.71. The van der Waals surface area contributed by atoms with Gasteiger partial charge in [-0.05, 0) is 75.3 Å². The van der Waals surface area contributed by atoms with Crippen LogP contribution in [-0.2, 0) is 0 Å². The molecule has 2 rings (SSSR count). The van der Waals surface area contributed by atoms with Gasteiger partial charge < -0.3 is 10.1 Å². The SMILES string of the molecule is CCOc1ccc(NC(=S)N/N=C/c2c(C)cc(C)cc2C)cc1. The summed E-state index contributed by atoms with van der Waals surface area (Å²) in [4.78, 5) is 0. The Morgan fingerprint density at radius 3 is 2.33 bits per heavy atom. The van der Waals surface area contributed by atoms with E-state index < -0.39 is 0 Å². The number of hydrazone groups is 1. The number of nitrogens with one attached hydrogen (secondary N) is 2. The fourth-order valence-electron chi connectivity index (χ4n) is 2.51. The van der Waals surface area contributed by atoms with Crippen molar-refractivity contribution in [1.29, 1.82) is 0 Å². The van der Waals surface area contributed by atoms with Crippen LogP contribution < -0.4 is 15.5 Å². The van der Waals surface area contributed by atoms with Crippen molar-refractivity contribution in [2.75, 3.05) is 11.9 Å². The Bertz CT molecular complexity index is 716. The van der Waals surface area contributed by atoms with E-state index in [1.807, 2.05) is 31.2 Å². The van der Waals surface area contributed by atoms with Gasteiger partial charge in [0.05, 0.1) is 12.8 Å². The average molecular weight is 341 g/mol. The minimum Gasteiger partial charge on any atom is -0.494 e. The fraction of sp³-hybridized carbons (Fsp3) is 0.263. The lowest BCUT2D eigenvalue weighted by atomic mass is 10.0. The molecule has 0 spiro atoms. The molecule has 0 aromatic heterocycles. The zero-order valence-electron chi connectivity index (χ0n) is 14.5. The Hall–Kier alpha value is -2.40. The maximum atomic E-state index is 5.41. The van der Waals surface area contributed by atoms with Crippen molar-refractivity contribution < 1.29 is 4.74 Å². The summed E-state index contributed by atoms with van der Waals surface area (Å²) in [5, 5.41) is 7.76. The van der Waals surface area contributed by atoms with Crippen LogP contribution in [0.2, 0.25) is 0 Å². The van der Waals surface area contributed by atoms with Gasteiger partial charge in [-0.25, -0.2) is 0 Å². The molecule has 126 valence electrons. The van der Waals surface area contributed by atoms with E-state index in [1.165, 1.54) is 16.7 Å². The van der Waals surface area contributed by atoms with Gasteiger partial charge in [0.2, 0.25) is 0 Å². The normalized spacial score (nSPS) is 10.7. The van der Waals surface area contributed by atoms with E-state index in [9.17, 15) is 0 Å². The smallest absolute Gasteiger partial charge is 0.191 e. The van der Waals surface area contributed by atoms with Crippen LogP contribution in [0, 0.1) is 20.8 Å². The first-order chi connectivity index (χ1) is 11.5. The molecule has 2 aromatic carbocycles. The monoisotopic (exact) mass is 341 g/mol. The molecule has 2 aromatic rings. The number of hydrogen-bond acceptors (Lipinski definition) is 3. The van der Waals surface area contributed by atoms with Gasteiger partial charge in [0.15, 0.2) is 5.11 Å². The van der Waals surface area contributed by atoms with E-state index >= 15 is 0 Å². The van der Waals surface area contributed by atoms with Gasteiger partial charge in [0.1, 0.15) is 5.75 Å². The number of ether oxygens (including phenoxy) is 1. The van der Waals surface area contributed by atoms with Gasteiger partial charge in [-0.3, -0.25) is 5.43 Å². The predicted octanol–water partition coefficient (Wildman–Crippen LogP) is 4.33. The molecule has 0 atom stereocenters. The lowest BCUT2D eigenvalue weighted by molar-refractivity contribution is 0.340. The molecule has 24 heavy (non-hydrogen) atoms. The number of thiocarbonyl (C=S) groups is 1. The lowest BCUT2D eigenvalue weighted by Crippen LogP contribution is -2.23. The highest BCUT2D eigenvalue weighted by molar-refractivity contribution is 7.80. The molecule has 2 N–H and O–H groups in total. The molecule has 0 amide bonds. The molecule has 0 aliphatic heterocycles. The summed E-state index contributed by atoms with van der Waals surface area (Å²) < 4.78 is 5.41. The van der Waals surface area contributed by atoms with Crippen molar-refractivity contribution in [2.45, 2.75) is 27.7 Å². The van der Waals surface area contributed by atoms with E-state index in [2.05, 4.69) is 48.7 Å². The summed E-state index contributed by atoms with van der Waals surface area (Å²) >= 11 is 5.25. The van der Waals surface area contributed by atoms with Gasteiger partial charge >= 0.3 is 0 Å². The largest absolute Gasteiger partial charge is 0.494 e. The highest BCUT2D eigenvalue weighted by atomic mass is 32.1. The zero-order chi connectivity index (χ0) is 17.5. The van der Waals surface area contributed by atoms with Crippen LogP contribution in [0.25, 0.3) is 0 Å². The summed E-state index contributed by atoms with van der Waals surface area (Å²) in [6.07, 6.45) is 1.80. The van der Waals surface area contributed by atoms with Crippen molar-refractivity contribution in [3.8, 4) is 5.75 Å². The first-order valence-electron chi connectivity index (χ1n) is 7.90. The number of anilines is 1. The molecular formula is C19H23N3OS. The van der Waals surface area contributed by atoms with Crippen LogP contribution in [0.5, 0.6) is 5.75 Å². The van der Waals surface area contributed by atoms with Gasteiger partial charge in [-0.2, -0.15) is 5.10 Å². The van der Waals surface area contributed by atoms with Crippen molar-refractivity contribution in [3.05, 3.63) is 58.7 Å². The molecule has 0 aliphatic carbocycles. The van der Waals surface area contributed by atoms with E-state index in [0.29, 0.717) is 11.7 Å². The lowest BCUT2D eigenvalue weighted by Gasteiger charge is -2.09. The molecule has 0 bridgehead atoms. The van der Waals surface area contributed by atoms with Gasteiger partial charge in [0.25, 0.3) is 0 Å². The van der Waals surface area contributed by atoms with Crippen molar-refractivity contribution in [1.82, 2.24) is 5.43 Å². The van der Waals surface area contributed by atoms with E-state index in [4.69, 9.17) is 17.0 Å². The molecule has 0 aliphatic rings. The number of rotatable bonds is 5. The average Bonchev–Trinajstić information content (AvgIpc) is 2.52. The van der Waals surface area contributed by atoms with E-state index in [0.717, 1.165) is 17.0 Å². The zero-order valence-corrected chi connectivity index (χ0v) is 15.3. The highest BCUT2D eigenvalue weighted by Gasteiger charge is 2.01. The molecule has 0 saturated heterocycles. The first-order valence-corrected chi connectivity index (χ1v) is 8.31. The van der Waals surface area contributed by atoms with E-state index in [-0.39, 0.29) is 0 Å². The van der Waals surface area contributed by atoms with Gasteiger partial charge in [0, 0.05) is 11.3 Å². The molecule has 0 heterocycles. The summed E-state index contributed by atoms with van der Waals surface area (Å²) in [6, 6.07) is 11.9. The number of aryl methyl sites for hydroxylation is 3. The first kappa shape index (κ1) is 17.9. The molecule has 0 unspecified atom stereocenters.